The summed E-state index contributed by atoms with van der Waals surface area (Å²) < 4.78 is 5.37. The normalized spacial score (nSPS) is 12.2. The fourth-order valence-corrected chi connectivity index (χ4v) is 1.49. The van der Waals surface area contributed by atoms with Crippen LogP contribution in [0.15, 0.2) is 18.2 Å². The molecule has 0 saturated carbocycles. The van der Waals surface area contributed by atoms with Gasteiger partial charge in [0.05, 0.1) is 12.2 Å². The largest absolute Gasteiger partial charge is 0.493 e. The van der Waals surface area contributed by atoms with Gasteiger partial charge < -0.3 is 4.74 Å². The average molecular weight is 206 g/mol. The first-order valence-corrected chi connectivity index (χ1v) is 5.44. The van der Waals surface area contributed by atoms with Crippen LogP contribution in [0.1, 0.15) is 49.0 Å². The summed E-state index contributed by atoms with van der Waals surface area (Å²) in [7, 11) is 0. The van der Waals surface area contributed by atoms with Gasteiger partial charge in [0.1, 0.15) is 5.75 Å². The second-order valence-corrected chi connectivity index (χ2v) is 3.66. The number of carbonyl (C=O) groups excluding carboxylic acids is 1. The van der Waals surface area contributed by atoms with Gasteiger partial charge in [-0.3, -0.25) is 4.79 Å². The summed E-state index contributed by atoms with van der Waals surface area (Å²) in [4.78, 5) is 10.9. The first-order valence-electron chi connectivity index (χ1n) is 5.44. The molecule has 1 rings (SSSR count). The number of rotatable bonds is 5. The van der Waals surface area contributed by atoms with E-state index >= 15 is 0 Å². The van der Waals surface area contributed by atoms with E-state index in [1.807, 2.05) is 25.1 Å². The first kappa shape index (κ1) is 11.8. The average Bonchev–Trinajstić information content (AvgIpc) is 2.29. The molecule has 0 radical (unpaired) electrons. The van der Waals surface area contributed by atoms with Crippen molar-refractivity contribution in [1.29, 1.82) is 0 Å². The zero-order valence-corrected chi connectivity index (χ0v) is 9.62. The lowest BCUT2D eigenvalue weighted by Gasteiger charge is -2.12. The SMILES string of the molecule is CCOc1ccc(C(C)CC)cc1C=O. The molecule has 15 heavy (non-hydrogen) atoms. The van der Waals surface area contributed by atoms with Crippen LogP contribution in [0.2, 0.25) is 0 Å². The highest BCUT2D eigenvalue weighted by Gasteiger charge is 2.07. The lowest BCUT2D eigenvalue weighted by atomic mass is 9.97. The van der Waals surface area contributed by atoms with E-state index in [9.17, 15) is 4.79 Å². The van der Waals surface area contributed by atoms with Crippen molar-refractivity contribution >= 4 is 6.29 Å². The van der Waals surface area contributed by atoms with Crippen LogP contribution < -0.4 is 4.74 Å². The molecule has 2 nitrogen and oxygen atoms in total. The second kappa shape index (κ2) is 5.54. The number of aldehydes is 1. The predicted molar refractivity (Wildman–Crippen MR) is 61.7 cm³/mol. The topological polar surface area (TPSA) is 26.3 Å². The van der Waals surface area contributed by atoms with Gasteiger partial charge >= 0.3 is 0 Å². The Hall–Kier alpha value is -1.31. The quantitative estimate of drug-likeness (QED) is 0.690. The van der Waals surface area contributed by atoms with Crippen molar-refractivity contribution in [3.8, 4) is 5.75 Å². The van der Waals surface area contributed by atoms with Crippen LogP contribution in [0.25, 0.3) is 0 Å². The maximum atomic E-state index is 10.9. The van der Waals surface area contributed by atoms with E-state index in [1.165, 1.54) is 5.56 Å². The molecule has 0 aliphatic carbocycles. The van der Waals surface area contributed by atoms with Gasteiger partial charge in [0, 0.05) is 0 Å². The van der Waals surface area contributed by atoms with Crippen molar-refractivity contribution in [2.45, 2.75) is 33.1 Å². The van der Waals surface area contributed by atoms with Gasteiger partial charge in [0.2, 0.25) is 0 Å². The van der Waals surface area contributed by atoms with Gasteiger partial charge in [-0.1, -0.05) is 19.9 Å². The van der Waals surface area contributed by atoms with Crippen LogP contribution in [-0.2, 0) is 0 Å². The van der Waals surface area contributed by atoms with Crippen molar-refractivity contribution in [3.05, 3.63) is 29.3 Å². The van der Waals surface area contributed by atoms with Gasteiger partial charge in [0.25, 0.3) is 0 Å². The van der Waals surface area contributed by atoms with E-state index in [2.05, 4.69) is 13.8 Å². The molecule has 0 aliphatic rings. The van der Waals surface area contributed by atoms with Crippen LogP contribution >= 0.6 is 0 Å². The monoisotopic (exact) mass is 206 g/mol. The number of hydrogen-bond donors (Lipinski definition) is 0. The minimum absolute atomic E-state index is 0.486. The van der Waals surface area contributed by atoms with Crippen molar-refractivity contribution in [2.24, 2.45) is 0 Å². The predicted octanol–water partition coefficient (Wildman–Crippen LogP) is 3.41. The Balaban J connectivity index is 3.01. The Morgan fingerprint density at radius 2 is 2.13 bits per heavy atom. The summed E-state index contributed by atoms with van der Waals surface area (Å²) in [5.41, 5.74) is 1.85. The van der Waals surface area contributed by atoms with Crippen molar-refractivity contribution in [2.75, 3.05) is 6.61 Å². The maximum absolute atomic E-state index is 10.9. The molecule has 0 N–H and O–H groups in total. The fraction of sp³-hybridized carbons (Fsp3) is 0.462. The van der Waals surface area contributed by atoms with Crippen LogP contribution in [-0.4, -0.2) is 12.9 Å². The third kappa shape index (κ3) is 2.82. The van der Waals surface area contributed by atoms with Crippen LogP contribution in [0, 0.1) is 0 Å². The van der Waals surface area contributed by atoms with Gasteiger partial charge in [-0.25, -0.2) is 0 Å². The number of hydrogen-bond acceptors (Lipinski definition) is 2. The molecule has 0 amide bonds. The number of benzene rings is 1. The zero-order valence-electron chi connectivity index (χ0n) is 9.62. The molecular formula is C13H18O2. The Kier molecular flexibility index (Phi) is 4.35. The van der Waals surface area contributed by atoms with Crippen molar-refractivity contribution < 1.29 is 9.53 Å². The van der Waals surface area contributed by atoms with E-state index in [1.54, 1.807) is 0 Å². The van der Waals surface area contributed by atoms with E-state index in [-0.39, 0.29) is 0 Å². The summed E-state index contributed by atoms with van der Waals surface area (Å²) in [6.07, 6.45) is 1.93. The minimum atomic E-state index is 0.486. The minimum Gasteiger partial charge on any atom is -0.493 e. The molecule has 0 fully saturated rings. The van der Waals surface area contributed by atoms with E-state index in [0.29, 0.717) is 23.8 Å². The molecular weight excluding hydrogens is 188 g/mol. The third-order valence-corrected chi connectivity index (χ3v) is 2.64. The van der Waals surface area contributed by atoms with Gasteiger partial charge in [-0.05, 0) is 37.0 Å². The lowest BCUT2D eigenvalue weighted by molar-refractivity contribution is 0.111. The standard InChI is InChI=1S/C13H18O2/c1-4-10(3)11-6-7-13(15-5-2)12(8-11)9-14/h6-10H,4-5H2,1-3H3. The summed E-state index contributed by atoms with van der Waals surface area (Å²) in [6, 6.07) is 5.84. The van der Waals surface area contributed by atoms with Gasteiger partial charge in [-0.2, -0.15) is 0 Å². The van der Waals surface area contributed by atoms with Crippen molar-refractivity contribution in [3.63, 3.8) is 0 Å². The highest BCUT2D eigenvalue weighted by Crippen LogP contribution is 2.24. The zero-order chi connectivity index (χ0) is 11.3. The fourth-order valence-electron chi connectivity index (χ4n) is 1.49. The first-order chi connectivity index (χ1) is 7.22. The molecule has 2 heteroatoms. The van der Waals surface area contributed by atoms with Gasteiger partial charge in [-0.15, -0.1) is 0 Å². The van der Waals surface area contributed by atoms with E-state index in [0.717, 1.165) is 12.7 Å². The summed E-state index contributed by atoms with van der Waals surface area (Å²) in [5, 5.41) is 0. The molecule has 0 heterocycles. The lowest BCUT2D eigenvalue weighted by Crippen LogP contribution is -1.98. The maximum Gasteiger partial charge on any atom is 0.153 e. The Morgan fingerprint density at radius 1 is 1.40 bits per heavy atom. The molecule has 0 spiro atoms. The molecule has 1 atom stereocenters. The molecule has 0 aromatic heterocycles. The van der Waals surface area contributed by atoms with E-state index < -0.39 is 0 Å². The highest BCUT2D eigenvalue weighted by atomic mass is 16.5. The van der Waals surface area contributed by atoms with Crippen LogP contribution in [0.4, 0.5) is 0 Å². The molecule has 0 bridgehead atoms. The van der Waals surface area contributed by atoms with Crippen molar-refractivity contribution in [1.82, 2.24) is 0 Å². The molecule has 1 aromatic rings. The Morgan fingerprint density at radius 3 is 2.67 bits per heavy atom. The number of ether oxygens (including phenoxy) is 1. The van der Waals surface area contributed by atoms with Crippen LogP contribution in [0.5, 0.6) is 5.75 Å². The summed E-state index contributed by atoms with van der Waals surface area (Å²) >= 11 is 0. The summed E-state index contributed by atoms with van der Waals surface area (Å²) in [5.74, 6) is 1.17. The molecule has 1 aromatic carbocycles. The molecule has 0 aliphatic heterocycles. The van der Waals surface area contributed by atoms with E-state index in [4.69, 9.17) is 4.74 Å². The molecule has 0 saturated heterocycles. The van der Waals surface area contributed by atoms with Gasteiger partial charge in [0.15, 0.2) is 6.29 Å². The second-order valence-electron chi connectivity index (χ2n) is 3.66. The Bertz CT molecular complexity index is 331. The number of carbonyl (C=O) groups is 1. The molecule has 1 unspecified atom stereocenters. The third-order valence-electron chi connectivity index (χ3n) is 2.64. The Labute approximate surface area is 91.3 Å². The highest BCUT2D eigenvalue weighted by molar-refractivity contribution is 5.79. The smallest absolute Gasteiger partial charge is 0.153 e. The molecule has 82 valence electrons. The summed E-state index contributed by atoms with van der Waals surface area (Å²) in [6.45, 7) is 6.80. The van der Waals surface area contributed by atoms with Crippen LogP contribution in [0.3, 0.4) is 0 Å².